The van der Waals surface area contributed by atoms with Crippen LogP contribution in [0.2, 0.25) is 0 Å². The number of nitrogens with one attached hydrogen (secondary N) is 1. The summed E-state index contributed by atoms with van der Waals surface area (Å²) in [6, 6.07) is 2.48. The first-order chi connectivity index (χ1) is 5.77. The van der Waals surface area contributed by atoms with Crippen molar-refractivity contribution in [1.29, 1.82) is 0 Å². The summed E-state index contributed by atoms with van der Waals surface area (Å²) in [5, 5.41) is 12.0. The fourth-order valence-electron chi connectivity index (χ4n) is 1.20. The van der Waals surface area contributed by atoms with Crippen LogP contribution in [-0.4, -0.2) is 18.3 Å². The van der Waals surface area contributed by atoms with Crippen LogP contribution >= 0.6 is 0 Å². The number of benzene rings is 1. The molecule has 0 fully saturated rings. The summed E-state index contributed by atoms with van der Waals surface area (Å²) < 4.78 is 18.1. The Bertz CT molecular complexity index is 314. The number of ether oxygens (including phenoxy) is 1. The molecular formula is C8H8FNO2. The Kier molecular flexibility index (Phi) is 1.53. The predicted molar refractivity (Wildman–Crippen MR) is 42.0 cm³/mol. The number of hydrogen-bond donors (Lipinski definition) is 2. The van der Waals surface area contributed by atoms with Gasteiger partial charge in [-0.2, -0.15) is 0 Å². The molecule has 4 heteroatoms. The molecule has 0 radical (unpaired) electrons. The van der Waals surface area contributed by atoms with E-state index in [-0.39, 0.29) is 11.5 Å². The third kappa shape index (κ3) is 1.05. The average molecular weight is 169 g/mol. The standard InChI is InChI=1S/C8H8FNO2/c9-6-3-5(11)4-7-8(6)12-2-1-10-7/h3-4,10-11H,1-2H2. The summed E-state index contributed by atoms with van der Waals surface area (Å²) in [6.45, 7) is 1.09. The minimum atomic E-state index is -0.530. The number of anilines is 1. The molecule has 0 bridgehead atoms. The summed E-state index contributed by atoms with van der Waals surface area (Å²) in [5.74, 6) is -0.430. The van der Waals surface area contributed by atoms with Gasteiger partial charge >= 0.3 is 0 Å². The van der Waals surface area contributed by atoms with E-state index in [1.165, 1.54) is 6.07 Å². The molecule has 1 heterocycles. The van der Waals surface area contributed by atoms with Crippen LogP contribution in [0.5, 0.6) is 11.5 Å². The van der Waals surface area contributed by atoms with E-state index in [1.54, 1.807) is 0 Å². The number of phenolic OH excluding ortho intramolecular Hbond substituents is 1. The van der Waals surface area contributed by atoms with Gasteiger partial charge in [-0.25, -0.2) is 4.39 Å². The van der Waals surface area contributed by atoms with Crippen LogP contribution in [0, 0.1) is 5.82 Å². The molecule has 2 N–H and O–H groups in total. The number of fused-ring (bicyclic) bond motifs is 1. The maximum Gasteiger partial charge on any atom is 0.178 e. The number of phenols is 1. The predicted octanol–water partition coefficient (Wildman–Crippen LogP) is 1.34. The van der Waals surface area contributed by atoms with E-state index in [1.807, 2.05) is 0 Å². The van der Waals surface area contributed by atoms with Gasteiger partial charge in [-0.1, -0.05) is 0 Å². The summed E-state index contributed by atoms with van der Waals surface area (Å²) in [6.07, 6.45) is 0. The molecule has 0 aromatic heterocycles. The second-order valence-corrected chi connectivity index (χ2v) is 2.58. The van der Waals surface area contributed by atoms with Gasteiger partial charge in [0, 0.05) is 18.7 Å². The van der Waals surface area contributed by atoms with E-state index >= 15 is 0 Å². The van der Waals surface area contributed by atoms with E-state index < -0.39 is 5.82 Å². The van der Waals surface area contributed by atoms with Crippen LogP contribution < -0.4 is 10.1 Å². The number of hydrogen-bond acceptors (Lipinski definition) is 3. The first-order valence-electron chi connectivity index (χ1n) is 3.66. The van der Waals surface area contributed by atoms with Crippen LogP contribution in [0.1, 0.15) is 0 Å². The molecule has 0 aliphatic carbocycles. The van der Waals surface area contributed by atoms with Crippen molar-refractivity contribution in [3.8, 4) is 11.5 Å². The van der Waals surface area contributed by atoms with Crippen LogP contribution in [0.25, 0.3) is 0 Å². The first-order valence-corrected chi connectivity index (χ1v) is 3.66. The summed E-state index contributed by atoms with van der Waals surface area (Å²) in [7, 11) is 0. The highest BCUT2D eigenvalue weighted by atomic mass is 19.1. The van der Waals surface area contributed by atoms with Gasteiger partial charge in [0.1, 0.15) is 12.4 Å². The fraction of sp³-hybridized carbons (Fsp3) is 0.250. The van der Waals surface area contributed by atoms with Crippen molar-refractivity contribution in [2.45, 2.75) is 0 Å². The molecule has 0 spiro atoms. The molecule has 1 aliphatic rings. The maximum absolute atomic E-state index is 13.0. The first kappa shape index (κ1) is 7.21. The van der Waals surface area contributed by atoms with E-state index in [2.05, 4.69) is 5.32 Å². The molecule has 1 aliphatic heterocycles. The summed E-state index contributed by atoms with van der Waals surface area (Å²) in [4.78, 5) is 0. The van der Waals surface area contributed by atoms with Gasteiger partial charge in [0.05, 0.1) is 5.69 Å². The summed E-state index contributed by atoms with van der Waals surface area (Å²) >= 11 is 0. The Labute approximate surface area is 68.8 Å². The zero-order chi connectivity index (χ0) is 8.55. The zero-order valence-corrected chi connectivity index (χ0v) is 6.30. The SMILES string of the molecule is Oc1cc(F)c2c(c1)NCCO2. The fourth-order valence-corrected chi connectivity index (χ4v) is 1.20. The largest absolute Gasteiger partial charge is 0.508 e. The molecule has 0 unspecified atom stereocenters. The minimum Gasteiger partial charge on any atom is -0.508 e. The van der Waals surface area contributed by atoms with Crippen LogP contribution in [0.4, 0.5) is 10.1 Å². The highest BCUT2D eigenvalue weighted by Crippen LogP contribution is 2.33. The van der Waals surface area contributed by atoms with Gasteiger partial charge in [0.15, 0.2) is 11.6 Å². The van der Waals surface area contributed by atoms with E-state index in [9.17, 15) is 4.39 Å². The quantitative estimate of drug-likeness (QED) is 0.615. The van der Waals surface area contributed by atoms with Crippen molar-refractivity contribution in [2.24, 2.45) is 0 Å². The molecule has 0 atom stereocenters. The lowest BCUT2D eigenvalue weighted by Crippen LogP contribution is -2.18. The zero-order valence-electron chi connectivity index (χ0n) is 6.30. The average Bonchev–Trinajstić information content (AvgIpc) is 2.04. The van der Waals surface area contributed by atoms with E-state index in [0.29, 0.717) is 18.8 Å². The highest BCUT2D eigenvalue weighted by molar-refractivity contribution is 5.61. The van der Waals surface area contributed by atoms with Crippen molar-refractivity contribution < 1.29 is 14.2 Å². The third-order valence-corrected chi connectivity index (χ3v) is 1.69. The van der Waals surface area contributed by atoms with Crippen LogP contribution in [-0.2, 0) is 0 Å². The van der Waals surface area contributed by atoms with Crippen molar-refractivity contribution in [3.05, 3.63) is 17.9 Å². The van der Waals surface area contributed by atoms with E-state index in [0.717, 1.165) is 6.07 Å². The van der Waals surface area contributed by atoms with E-state index in [4.69, 9.17) is 9.84 Å². The normalized spacial score (nSPS) is 14.4. The third-order valence-electron chi connectivity index (χ3n) is 1.69. The van der Waals surface area contributed by atoms with Gasteiger partial charge < -0.3 is 15.2 Å². The Hall–Kier alpha value is -1.45. The highest BCUT2D eigenvalue weighted by Gasteiger charge is 2.15. The van der Waals surface area contributed by atoms with Crippen molar-refractivity contribution in [1.82, 2.24) is 0 Å². The molecular weight excluding hydrogens is 161 g/mol. The monoisotopic (exact) mass is 169 g/mol. The number of rotatable bonds is 0. The molecule has 1 aromatic carbocycles. The molecule has 0 saturated heterocycles. The van der Waals surface area contributed by atoms with Gasteiger partial charge in [-0.3, -0.25) is 0 Å². The number of halogens is 1. The molecule has 0 saturated carbocycles. The van der Waals surface area contributed by atoms with Crippen LogP contribution in [0.15, 0.2) is 12.1 Å². The molecule has 0 amide bonds. The van der Waals surface area contributed by atoms with Crippen LogP contribution in [0.3, 0.4) is 0 Å². The van der Waals surface area contributed by atoms with Gasteiger partial charge in [0.25, 0.3) is 0 Å². The molecule has 3 nitrogen and oxygen atoms in total. The molecule has 1 aromatic rings. The molecule has 2 rings (SSSR count). The topological polar surface area (TPSA) is 41.5 Å². The van der Waals surface area contributed by atoms with Crippen molar-refractivity contribution in [2.75, 3.05) is 18.5 Å². The molecule has 12 heavy (non-hydrogen) atoms. The Morgan fingerprint density at radius 3 is 3.17 bits per heavy atom. The van der Waals surface area contributed by atoms with Gasteiger partial charge in [-0.15, -0.1) is 0 Å². The number of aromatic hydroxyl groups is 1. The van der Waals surface area contributed by atoms with Crippen molar-refractivity contribution >= 4 is 5.69 Å². The molecule has 64 valence electrons. The minimum absolute atomic E-state index is 0.0933. The lowest BCUT2D eigenvalue weighted by Gasteiger charge is -2.19. The van der Waals surface area contributed by atoms with Crippen molar-refractivity contribution in [3.63, 3.8) is 0 Å². The second-order valence-electron chi connectivity index (χ2n) is 2.58. The maximum atomic E-state index is 13.0. The van der Waals surface area contributed by atoms with Gasteiger partial charge in [0.2, 0.25) is 0 Å². The smallest absolute Gasteiger partial charge is 0.178 e. The Morgan fingerprint density at radius 2 is 2.33 bits per heavy atom. The Balaban J connectivity index is 2.53. The Morgan fingerprint density at radius 1 is 1.50 bits per heavy atom. The lowest BCUT2D eigenvalue weighted by molar-refractivity contribution is 0.304. The second kappa shape index (κ2) is 2.55. The lowest BCUT2D eigenvalue weighted by atomic mass is 10.2. The van der Waals surface area contributed by atoms with Gasteiger partial charge in [-0.05, 0) is 0 Å². The summed E-state index contributed by atoms with van der Waals surface area (Å²) in [5.41, 5.74) is 0.513.